The van der Waals surface area contributed by atoms with Crippen LogP contribution in [0.15, 0.2) is 34.7 Å². The lowest BCUT2D eigenvalue weighted by molar-refractivity contribution is -0.138. The van der Waals surface area contributed by atoms with E-state index in [1.165, 1.54) is 19.3 Å². The highest BCUT2D eigenvalue weighted by molar-refractivity contribution is 6.29. The highest BCUT2D eigenvalue weighted by Gasteiger charge is 2.11. The summed E-state index contributed by atoms with van der Waals surface area (Å²) >= 11 is 5.63. The third-order valence-corrected chi connectivity index (χ3v) is 2.16. The molecule has 1 heterocycles. The molecule has 0 radical (unpaired) electrons. The molecule has 0 bridgehead atoms. The Hall–Kier alpha value is -1.88. The quantitative estimate of drug-likeness (QED) is 0.300. The molecule has 0 spiro atoms. The van der Waals surface area contributed by atoms with Crippen molar-refractivity contribution < 1.29 is 14.6 Å². The van der Waals surface area contributed by atoms with Crippen LogP contribution in [0.1, 0.15) is 13.8 Å². The lowest BCUT2D eigenvalue weighted by Gasteiger charge is -2.02. The topological polar surface area (TPSA) is 71.8 Å². The maximum absolute atomic E-state index is 11.5. The van der Waals surface area contributed by atoms with E-state index in [2.05, 4.69) is 9.98 Å². The molecule has 0 aromatic carbocycles. The molecule has 0 unspecified atom stereocenters. The van der Waals surface area contributed by atoms with Crippen molar-refractivity contribution in [1.29, 1.82) is 0 Å². The third kappa shape index (κ3) is 4.18. The van der Waals surface area contributed by atoms with Crippen LogP contribution in [0.4, 0.5) is 5.69 Å². The molecule has 0 fully saturated rings. The van der Waals surface area contributed by atoms with E-state index in [0.29, 0.717) is 10.8 Å². The molecule has 0 aliphatic carbocycles. The number of aromatic nitrogens is 1. The number of aliphatic hydroxyl groups is 1. The first-order valence-electron chi connectivity index (χ1n) is 5.27. The zero-order valence-electron chi connectivity index (χ0n) is 10.1. The number of carbonyl (C=O) groups excluding carboxylic acids is 1. The average molecular weight is 269 g/mol. The van der Waals surface area contributed by atoms with Crippen LogP contribution < -0.4 is 0 Å². The van der Waals surface area contributed by atoms with Crippen LogP contribution in [-0.4, -0.2) is 28.9 Å². The summed E-state index contributed by atoms with van der Waals surface area (Å²) in [5, 5.41) is 9.74. The molecule has 6 heteroatoms. The number of carbonyl (C=O) groups is 1. The van der Waals surface area contributed by atoms with E-state index in [-0.39, 0.29) is 17.9 Å². The van der Waals surface area contributed by atoms with Gasteiger partial charge in [0.25, 0.3) is 0 Å². The fraction of sp³-hybridized carbons (Fsp3) is 0.250. The average Bonchev–Trinajstić information content (AvgIpc) is 2.31. The van der Waals surface area contributed by atoms with Gasteiger partial charge in [0, 0.05) is 6.21 Å². The second-order valence-corrected chi connectivity index (χ2v) is 3.70. The van der Waals surface area contributed by atoms with E-state index in [9.17, 15) is 9.90 Å². The van der Waals surface area contributed by atoms with Gasteiger partial charge in [-0.3, -0.25) is 4.99 Å². The summed E-state index contributed by atoms with van der Waals surface area (Å²) in [5.74, 6) is -0.776. The summed E-state index contributed by atoms with van der Waals surface area (Å²) in [6.07, 6.45) is 2.69. The van der Waals surface area contributed by atoms with Gasteiger partial charge in [0.2, 0.25) is 0 Å². The Bertz CT molecular complexity index is 477. The third-order valence-electron chi connectivity index (χ3n) is 1.94. The van der Waals surface area contributed by atoms with Crippen LogP contribution in [0.25, 0.3) is 0 Å². The largest absolute Gasteiger partial charge is 0.512 e. The molecule has 0 saturated carbocycles. The van der Waals surface area contributed by atoms with Crippen LogP contribution in [0.5, 0.6) is 0 Å². The van der Waals surface area contributed by atoms with Crippen LogP contribution in [0.2, 0.25) is 5.15 Å². The number of halogens is 1. The van der Waals surface area contributed by atoms with Crippen molar-refractivity contribution in [2.45, 2.75) is 13.8 Å². The van der Waals surface area contributed by atoms with E-state index < -0.39 is 5.97 Å². The smallest absolute Gasteiger partial charge is 0.343 e. The molecule has 1 N–H and O–H groups in total. The number of allylic oxidation sites excluding steroid dienone is 1. The van der Waals surface area contributed by atoms with Crippen LogP contribution in [-0.2, 0) is 9.53 Å². The number of nitrogens with zero attached hydrogens (tertiary/aromatic N) is 2. The first-order valence-corrected chi connectivity index (χ1v) is 5.65. The molecule has 0 atom stereocenters. The lowest BCUT2D eigenvalue weighted by Crippen LogP contribution is -2.10. The minimum atomic E-state index is -0.622. The van der Waals surface area contributed by atoms with Gasteiger partial charge in [-0.2, -0.15) is 0 Å². The molecule has 1 aromatic rings. The van der Waals surface area contributed by atoms with Gasteiger partial charge in [-0.05, 0) is 26.0 Å². The Morgan fingerprint density at radius 3 is 2.83 bits per heavy atom. The van der Waals surface area contributed by atoms with Crippen molar-refractivity contribution in [3.8, 4) is 0 Å². The fourth-order valence-corrected chi connectivity index (χ4v) is 1.20. The number of ether oxygens (including phenoxy) is 1. The number of rotatable bonds is 4. The number of hydrogen-bond acceptors (Lipinski definition) is 5. The minimum absolute atomic E-state index is 0.00630. The van der Waals surface area contributed by atoms with Crippen LogP contribution in [0, 0.1) is 0 Å². The molecular formula is C12H13ClN2O3. The molecular weight excluding hydrogens is 256 g/mol. The van der Waals surface area contributed by atoms with E-state index in [4.69, 9.17) is 16.3 Å². The molecule has 0 saturated heterocycles. The first kappa shape index (κ1) is 14.2. The minimum Gasteiger partial charge on any atom is -0.512 e. The van der Waals surface area contributed by atoms with Gasteiger partial charge in [-0.1, -0.05) is 11.6 Å². The van der Waals surface area contributed by atoms with E-state index in [1.54, 1.807) is 19.1 Å². The predicted octanol–water partition coefficient (Wildman–Crippen LogP) is 2.83. The maximum Gasteiger partial charge on any atom is 0.343 e. The molecule has 0 aliphatic heterocycles. The Morgan fingerprint density at radius 2 is 2.33 bits per heavy atom. The SMILES string of the molecule is CCOC(=O)C(C=Nc1ccc(Cl)nc1)=C(C)O. The van der Waals surface area contributed by atoms with E-state index in [1.807, 2.05) is 0 Å². The van der Waals surface area contributed by atoms with Gasteiger partial charge in [0.1, 0.15) is 16.5 Å². The highest BCUT2D eigenvalue weighted by atomic mass is 35.5. The molecule has 0 amide bonds. The van der Waals surface area contributed by atoms with Gasteiger partial charge in [0.15, 0.2) is 0 Å². The van der Waals surface area contributed by atoms with Crippen molar-refractivity contribution in [1.82, 2.24) is 4.98 Å². The standard InChI is InChI=1S/C12H13ClN2O3/c1-3-18-12(17)10(8(2)16)7-14-9-4-5-11(13)15-6-9/h4-7,16H,3H2,1-2H3. The maximum atomic E-state index is 11.5. The Balaban J connectivity index is 2.88. The van der Waals surface area contributed by atoms with Crippen molar-refractivity contribution >= 4 is 29.5 Å². The summed E-state index contributed by atoms with van der Waals surface area (Å²) in [7, 11) is 0. The van der Waals surface area contributed by atoms with Crippen molar-refractivity contribution in [2.75, 3.05) is 6.61 Å². The lowest BCUT2D eigenvalue weighted by atomic mass is 10.2. The Kier molecular flexibility index (Phi) is 5.32. The molecule has 1 rings (SSSR count). The molecule has 5 nitrogen and oxygen atoms in total. The van der Waals surface area contributed by atoms with Crippen LogP contribution in [0.3, 0.4) is 0 Å². The summed E-state index contributed by atoms with van der Waals surface area (Å²) in [6.45, 7) is 3.30. The zero-order chi connectivity index (χ0) is 13.5. The normalized spacial score (nSPS) is 12.4. The summed E-state index contributed by atoms with van der Waals surface area (Å²) < 4.78 is 4.79. The number of hydrogen-bond donors (Lipinski definition) is 1. The van der Waals surface area contributed by atoms with Gasteiger partial charge in [-0.25, -0.2) is 9.78 Å². The van der Waals surface area contributed by atoms with Gasteiger partial charge >= 0.3 is 5.97 Å². The fourth-order valence-electron chi connectivity index (χ4n) is 1.09. The molecule has 18 heavy (non-hydrogen) atoms. The number of aliphatic hydroxyl groups excluding tert-OH is 1. The van der Waals surface area contributed by atoms with Crippen LogP contribution >= 0.6 is 11.6 Å². The summed E-state index contributed by atoms with van der Waals surface area (Å²) in [5.41, 5.74) is 0.522. The number of pyridine rings is 1. The predicted molar refractivity (Wildman–Crippen MR) is 69.4 cm³/mol. The van der Waals surface area contributed by atoms with Gasteiger partial charge in [0.05, 0.1) is 18.5 Å². The molecule has 96 valence electrons. The monoisotopic (exact) mass is 268 g/mol. The molecule has 1 aromatic heterocycles. The highest BCUT2D eigenvalue weighted by Crippen LogP contribution is 2.13. The first-order chi connectivity index (χ1) is 8.54. The zero-order valence-corrected chi connectivity index (χ0v) is 10.8. The van der Waals surface area contributed by atoms with Crippen molar-refractivity contribution in [3.05, 3.63) is 34.8 Å². The van der Waals surface area contributed by atoms with Gasteiger partial charge < -0.3 is 9.84 Å². The Morgan fingerprint density at radius 1 is 1.61 bits per heavy atom. The number of aliphatic imine (C=N–C) groups is 1. The number of esters is 1. The van der Waals surface area contributed by atoms with E-state index in [0.717, 1.165) is 0 Å². The summed E-state index contributed by atoms with van der Waals surface area (Å²) in [4.78, 5) is 19.3. The summed E-state index contributed by atoms with van der Waals surface area (Å²) in [6, 6.07) is 3.22. The van der Waals surface area contributed by atoms with Crippen molar-refractivity contribution in [3.63, 3.8) is 0 Å². The van der Waals surface area contributed by atoms with Crippen molar-refractivity contribution in [2.24, 2.45) is 4.99 Å². The second kappa shape index (κ2) is 6.76. The second-order valence-electron chi connectivity index (χ2n) is 3.32. The molecule has 0 aliphatic rings. The van der Waals surface area contributed by atoms with E-state index >= 15 is 0 Å². The van der Waals surface area contributed by atoms with Gasteiger partial charge in [-0.15, -0.1) is 0 Å². The Labute approximate surface area is 110 Å².